The molecule has 0 spiro atoms. The van der Waals surface area contributed by atoms with Crippen molar-refractivity contribution >= 4 is 11.8 Å². The van der Waals surface area contributed by atoms with Crippen LogP contribution >= 0.6 is 0 Å². The molecule has 1 aliphatic rings. The fraction of sp³-hybridized carbons (Fsp3) is 0.400. The van der Waals surface area contributed by atoms with Crippen LogP contribution in [0.25, 0.3) is 0 Å². The van der Waals surface area contributed by atoms with Crippen LogP contribution < -0.4 is 15.0 Å². The van der Waals surface area contributed by atoms with Crippen molar-refractivity contribution in [3.63, 3.8) is 0 Å². The Morgan fingerprint density at radius 3 is 2.61 bits per heavy atom. The van der Waals surface area contributed by atoms with E-state index in [-0.39, 0.29) is 11.8 Å². The van der Waals surface area contributed by atoms with Crippen LogP contribution in [-0.2, 0) is 13.1 Å². The Hall–Kier alpha value is -2.90. The molecule has 0 radical (unpaired) electrons. The molecule has 2 aromatic rings. The van der Waals surface area contributed by atoms with Crippen LogP contribution in [-0.4, -0.2) is 42.7 Å². The smallest absolute Gasteiger partial charge is 0.387 e. The van der Waals surface area contributed by atoms with Gasteiger partial charge in [0.05, 0.1) is 0 Å². The van der Waals surface area contributed by atoms with Crippen LogP contribution in [0.5, 0.6) is 5.75 Å². The first-order valence-electron chi connectivity index (χ1n) is 9.24. The zero-order chi connectivity index (χ0) is 19.9. The Bertz CT molecular complexity index is 780. The summed E-state index contributed by atoms with van der Waals surface area (Å²) in [5.41, 5.74) is 1.81. The van der Waals surface area contributed by atoms with Crippen molar-refractivity contribution in [3.8, 4) is 5.75 Å². The molecule has 1 aliphatic heterocycles. The number of hydrogen-bond donors (Lipinski definition) is 1. The fourth-order valence-corrected chi connectivity index (χ4v) is 3.12. The molecule has 150 valence electrons. The molecule has 2 amide bonds. The van der Waals surface area contributed by atoms with Crippen molar-refractivity contribution in [1.29, 1.82) is 0 Å². The molecule has 2 heterocycles. The molecule has 1 fully saturated rings. The van der Waals surface area contributed by atoms with Gasteiger partial charge < -0.3 is 19.9 Å². The summed E-state index contributed by atoms with van der Waals surface area (Å²) in [7, 11) is 1.68. The molecular weight excluding hydrogens is 366 g/mol. The number of benzene rings is 1. The van der Waals surface area contributed by atoms with Gasteiger partial charge in [0.2, 0.25) is 0 Å². The van der Waals surface area contributed by atoms with Gasteiger partial charge >= 0.3 is 12.6 Å². The van der Waals surface area contributed by atoms with E-state index in [1.54, 1.807) is 25.4 Å². The number of ether oxygens (including phenoxy) is 1. The number of nitrogens with zero attached hydrogens (tertiary/aromatic N) is 3. The lowest BCUT2D eigenvalue weighted by Crippen LogP contribution is -2.36. The summed E-state index contributed by atoms with van der Waals surface area (Å²) in [5, 5.41) is 2.89. The highest BCUT2D eigenvalue weighted by Crippen LogP contribution is 2.19. The average molecular weight is 390 g/mol. The summed E-state index contributed by atoms with van der Waals surface area (Å²) in [4.78, 5) is 20.5. The number of anilines is 1. The summed E-state index contributed by atoms with van der Waals surface area (Å²) < 4.78 is 28.7. The van der Waals surface area contributed by atoms with E-state index in [0.717, 1.165) is 30.0 Å². The third kappa shape index (κ3) is 5.55. The Morgan fingerprint density at radius 2 is 1.93 bits per heavy atom. The number of nitrogens with one attached hydrogen (secondary N) is 1. The van der Waals surface area contributed by atoms with E-state index in [1.807, 2.05) is 12.1 Å². The molecule has 0 atom stereocenters. The SMILES string of the molecule is CN(Cc1ccc(OC(F)F)cc1)C(=O)NCc1ccnc(N2CCCC2)c1. The number of carbonyl (C=O) groups is 1. The molecule has 0 bridgehead atoms. The van der Waals surface area contributed by atoms with Crippen LogP contribution in [0, 0.1) is 0 Å². The molecule has 6 nitrogen and oxygen atoms in total. The first-order valence-corrected chi connectivity index (χ1v) is 9.24. The standard InChI is InChI=1S/C20H24F2N4O2/c1-25(14-15-4-6-17(7-5-15)28-19(21)22)20(27)24-13-16-8-9-23-18(12-16)26-10-2-3-11-26/h4-9,12,19H,2-3,10-11,13-14H2,1H3,(H,24,27). The van der Waals surface area contributed by atoms with Crippen LogP contribution in [0.4, 0.5) is 19.4 Å². The van der Waals surface area contributed by atoms with Crippen molar-refractivity contribution in [2.75, 3.05) is 25.0 Å². The summed E-state index contributed by atoms with van der Waals surface area (Å²) in [6.45, 7) is -0.0399. The molecule has 0 unspecified atom stereocenters. The van der Waals surface area contributed by atoms with Crippen molar-refractivity contribution < 1.29 is 18.3 Å². The van der Waals surface area contributed by atoms with E-state index >= 15 is 0 Å². The molecule has 1 N–H and O–H groups in total. The number of urea groups is 1. The lowest BCUT2D eigenvalue weighted by molar-refractivity contribution is -0.0498. The Morgan fingerprint density at radius 1 is 1.21 bits per heavy atom. The minimum Gasteiger partial charge on any atom is -0.435 e. The number of hydrogen-bond acceptors (Lipinski definition) is 4. The van der Waals surface area contributed by atoms with Gasteiger partial charge in [-0.15, -0.1) is 0 Å². The molecule has 3 rings (SSSR count). The zero-order valence-corrected chi connectivity index (χ0v) is 15.8. The number of amides is 2. The quantitative estimate of drug-likeness (QED) is 0.785. The van der Waals surface area contributed by atoms with E-state index in [4.69, 9.17) is 0 Å². The van der Waals surface area contributed by atoms with Crippen LogP contribution in [0.2, 0.25) is 0 Å². The number of rotatable bonds is 7. The van der Waals surface area contributed by atoms with Crippen LogP contribution in [0.15, 0.2) is 42.6 Å². The largest absolute Gasteiger partial charge is 0.435 e. The predicted molar refractivity (Wildman–Crippen MR) is 102 cm³/mol. The van der Waals surface area contributed by atoms with Crippen molar-refractivity contribution in [2.24, 2.45) is 0 Å². The van der Waals surface area contributed by atoms with Gasteiger partial charge in [0.15, 0.2) is 0 Å². The Balaban J connectivity index is 1.49. The minimum absolute atomic E-state index is 0.0948. The second-order valence-electron chi connectivity index (χ2n) is 6.75. The maximum atomic E-state index is 12.3. The highest BCUT2D eigenvalue weighted by molar-refractivity contribution is 5.73. The topological polar surface area (TPSA) is 57.7 Å². The van der Waals surface area contributed by atoms with Gasteiger partial charge in [-0.25, -0.2) is 9.78 Å². The third-order valence-corrected chi connectivity index (χ3v) is 4.60. The lowest BCUT2D eigenvalue weighted by atomic mass is 10.2. The first-order chi connectivity index (χ1) is 13.5. The van der Waals surface area contributed by atoms with Crippen molar-refractivity contribution in [2.45, 2.75) is 32.5 Å². The van der Waals surface area contributed by atoms with E-state index in [0.29, 0.717) is 13.1 Å². The van der Waals surface area contributed by atoms with Gasteiger partial charge in [0, 0.05) is 39.4 Å². The van der Waals surface area contributed by atoms with Crippen molar-refractivity contribution in [1.82, 2.24) is 15.2 Å². The van der Waals surface area contributed by atoms with Gasteiger partial charge in [-0.1, -0.05) is 12.1 Å². The maximum Gasteiger partial charge on any atom is 0.387 e. The summed E-state index contributed by atoms with van der Waals surface area (Å²) in [6, 6.07) is 9.93. The van der Waals surface area contributed by atoms with E-state index < -0.39 is 6.61 Å². The zero-order valence-electron chi connectivity index (χ0n) is 15.8. The number of aromatic nitrogens is 1. The third-order valence-electron chi connectivity index (χ3n) is 4.60. The Kier molecular flexibility index (Phi) is 6.62. The predicted octanol–water partition coefficient (Wildman–Crippen LogP) is 3.62. The van der Waals surface area contributed by atoms with Crippen molar-refractivity contribution in [3.05, 3.63) is 53.7 Å². The van der Waals surface area contributed by atoms with Crippen LogP contribution in [0.1, 0.15) is 24.0 Å². The van der Waals surface area contributed by atoms with Gasteiger partial charge in [-0.2, -0.15) is 8.78 Å². The summed E-state index contributed by atoms with van der Waals surface area (Å²) >= 11 is 0. The monoisotopic (exact) mass is 390 g/mol. The molecule has 1 saturated heterocycles. The maximum absolute atomic E-state index is 12.3. The first kappa shape index (κ1) is 19.9. The second-order valence-corrected chi connectivity index (χ2v) is 6.75. The lowest BCUT2D eigenvalue weighted by Gasteiger charge is -2.19. The Labute approximate surface area is 163 Å². The van der Waals surface area contributed by atoms with E-state index in [9.17, 15) is 13.6 Å². The molecule has 1 aromatic carbocycles. The summed E-state index contributed by atoms with van der Waals surface area (Å²) in [5.74, 6) is 1.04. The van der Waals surface area contributed by atoms with Gasteiger partial charge in [-0.3, -0.25) is 0 Å². The minimum atomic E-state index is -2.85. The van der Waals surface area contributed by atoms with E-state index in [1.165, 1.54) is 29.9 Å². The molecule has 1 aromatic heterocycles. The van der Waals surface area contributed by atoms with Crippen LogP contribution in [0.3, 0.4) is 0 Å². The average Bonchev–Trinajstić information content (AvgIpc) is 3.22. The van der Waals surface area contributed by atoms with Gasteiger partial charge in [-0.05, 0) is 48.2 Å². The molecular formula is C20H24F2N4O2. The number of alkyl halides is 2. The highest BCUT2D eigenvalue weighted by Gasteiger charge is 2.14. The normalized spacial score (nSPS) is 13.6. The molecule has 28 heavy (non-hydrogen) atoms. The molecule has 8 heteroatoms. The second kappa shape index (κ2) is 9.34. The van der Waals surface area contributed by atoms with Gasteiger partial charge in [0.1, 0.15) is 11.6 Å². The number of carbonyl (C=O) groups excluding carboxylic acids is 1. The summed E-state index contributed by atoms with van der Waals surface area (Å²) in [6.07, 6.45) is 4.13. The highest BCUT2D eigenvalue weighted by atomic mass is 19.3. The van der Waals surface area contributed by atoms with E-state index in [2.05, 4.69) is 19.9 Å². The van der Waals surface area contributed by atoms with Gasteiger partial charge in [0.25, 0.3) is 0 Å². The molecule has 0 aliphatic carbocycles. The fourth-order valence-electron chi connectivity index (χ4n) is 3.12. The number of pyridine rings is 1. The number of halogens is 2. The molecule has 0 saturated carbocycles.